The smallest absolute Gasteiger partial charge is 0.187 e. The zero-order chi connectivity index (χ0) is 38.6. The maximum Gasteiger partial charge on any atom is 0.187 e. The predicted octanol–water partition coefficient (Wildman–Crippen LogP) is 13.8. The largest absolute Gasteiger partial charge is 0.457 e. The van der Waals surface area contributed by atoms with Gasteiger partial charge in [0.05, 0.1) is 23.4 Å². The van der Waals surface area contributed by atoms with E-state index in [0.717, 1.165) is 73.0 Å². The molecule has 1 unspecified atom stereocenters. The molecule has 4 heteroatoms. The average Bonchev–Trinajstić information content (AvgIpc) is 3.59. The van der Waals surface area contributed by atoms with Crippen LogP contribution < -0.4 is 4.74 Å². The third kappa shape index (κ3) is 5.29. The highest BCUT2D eigenvalue weighted by molar-refractivity contribution is 5.91. The number of ether oxygens (including phenoxy) is 1. The second-order valence-electron chi connectivity index (χ2n) is 14.8. The monoisotopic (exact) mass is 739 g/mol. The van der Waals surface area contributed by atoms with Crippen molar-refractivity contribution in [3.8, 4) is 78.8 Å². The first-order valence-corrected chi connectivity index (χ1v) is 19.4. The van der Waals surface area contributed by atoms with Crippen LogP contribution in [0.5, 0.6) is 11.5 Å². The van der Waals surface area contributed by atoms with Crippen molar-refractivity contribution in [2.45, 2.75) is 5.41 Å². The lowest BCUT2D eigenvalue weighted by Crippen LogP contribution is -2.32. The van der Waals surface area contributed by atoms with Gasteiger partial charge in [0.1, 0.15) is 11.5 Å². The van der Waals surface area contributed by atoms with E-state index in [1.165, 1.54) is 22.3 Å². The minimum atomic E-state index is -0.662. The molecule has 0 fully saturated rings. The lowest BCUT2D eigenvalue weighted by molar-refractivity contribution is 0.436. The fraction of sp³-hybridized carbons (Fsp3) is 0.0185. The number of rotatable bonds is 5. The molecule has 270 valence electrons. The number of hydrogen-bond acceptors (Lipinski definition) is 3. The first-order valence-electron chi connectivity index (χ1n) is 19.4. The molecule has 1 aliphatic carbocycles. The molecule has 8 aromatic carbocycles. The Hall–Kier alpha value is -7.87. The maximum absolute atomic E-state index is 7.32. The number of aromatic nitrogens is 2. The Balaban J connectivity index is 1.11. The fourth-order valence-corrected chi connectivity index (χ4v) is 8.89. The van der Waals surface area contributed by atoms with E-state index in [2.05, 4.69) is 157 Å². The van der Waals surface area contributed by atoms with Crippen LogP contribution >= 0.6 is 0 Å². The Morgan fingerprint density at radius 1 is 0.379 bits per heavy atom. The van der Waals surface area contributed by atoms with Crippen molar-refractivity contribution in [1.29, 1.82) is 0 Å². The number of nitrogens with zero attached hydrogens (tertiary/aromatic N) is 3. The van der Waals surface area contributed by atoms with Gasteiger partial charge >= 0.3 is 0 Å². The van der Waals surface area contributed by atoms with Gasteiger partial charge in [-0.2, -0.15) is 0 Å². The van der Waals surface area contributed by atoms with Crippen molar-refractivity contribution in [2.75, 3.05) is 0 Å². The SMILES string of the molecule is [C-]#[N+]c1ccc(-c2ccc(-c3ccc4c(c3)C3(c5ccccc5O4)c4ccccc4-c4ccc(-c5cc(-c6ccccc6)nc(-c6ccccc6)n5)cc43)cc2)cc1. The molecule has 2 heterocycles. The first kappa shape index (κ1) is 33.5. The Labute approximate surface area is 337 Å². The van der Waals surface area contributed by atoms with Crippen molar-refractivity contribution >= 4 is 5.69 Å². The van der Waals surface area contributed by atoms with Gasteiger partial charge in [-0.15, -0.1) is 0 Å². The number of hydrogen-bond donors (Lipinski definition) is 0. The van der Waals surface area contributed by atoms with Crippen molar-refractivity contribution in [1.82, 2.24) is 9.97 Å². The van der Waals surface area contributed by atoms with Gasteiger partial charge in [0, 0.05) is 27.8 Å². The van der Waals surface area contributed by atoms with Crippen molar-refractivity contribution in [3.05, 3.63) is 234 Å². The summed E-state index contributed by atoms with van der Waals surface area (Å²) in [6, 6.07) is 69.9. The van der Waals surface area contributed by atoms with Crippen LogP contribution in [0.3, 0.4) is 0 Å². The molecule has 0 radical (unpaired) electrons. The Kier molecular flexibility index (Phi) is 7.74. The summed E-state index contributed by atoms with van der Waals surface area (Å²) in [5.41, 5.74) is 16.2. The predicted molar refractivity (Wildman–Crippen MR) is 233 cm³/mol. The molecule has 9 aromatic rings. The third-order valence-corrected chi connectivity index (χ3v) is 11.6. The average molecular weight is 740 g/mol. The number of fused-ring (bicyclic) bond motifs is 9. The summed E-state index contributed by atoms with van der Waals surface area (Å²) in [4.78, 5) is 13.9. The lowest BCUT2D eigenvalue weighted by atomic mass is 9.65. The van der Waals surface area contributed by atoms with Crippen LogP contribution in [0.25, 0.3) is 72.1 Å². The molecule has 0 saturated heterocycles. The fourth-order valence-electron chi connectivity index (χ4n) is 8.89. The summed E-state index contributed by atoms with van der Waals surface area (Å²) in [5, 5.41) is 0. The molecular weight excluding hydrogens is 707 g/mol. The van der Waals surface area contributed by atoms with Gasteiger partial charge in [0.15, 0.2) is 11.5 Å². The number of para-hydroxylation sites is 1. The summed E-state index contributed by atoms with van der Waals surface area (Å²) in [6.07, 6.45) is 0. The molecule has 0 bridgehead atoms. The van der Waals surface area contributed by atoms with Crippen LogP contribution in [0.4, 0.5) is 5.69 Å². The molecule has 11 rings (SSSR count). The summed E-state index contributed by atoms with van der Waals surface area (Å²) < 4.78 is 6.78. The maximum atomic E-state index is 7.32. The van der Waals surface area contributed by atoms with Crippen molar-refractivity contribution in [3.63, 3.8) is 0 Å². The summed E-state index contributed by atoms with van der Waals surface area (Å²) >= 11 is 0. The van der Waals surface area contributed by atoms with Gasteiger partial charge in [0.2, 0.25) is 0 Å². The summed E-state index contributed by atoms with van der Waals surface area (Å²) in [6.45, 7) is 7.32. The van der Waals surface area contributed by atoms with Crippen LogP contribution in [0, 0.1) is 6.57 Å². The molecular formula is C54H33N3O. The first-order chi connectivity index (χ1) is 28.7. The standard InChI is InChI=1S/C54H33N3O/c1-55-42-28-24-36(25-29-42)35-20-22-37(23-21-35)40-27-31-52-48(32-40)54(46-18-10-11-19-51(46)58-52)45-17-9-8-16-43(45)44-30-26-41(33-47(44)54)50-34-49(38-12-4-2-5-13-38)56-53(57-50)39-14-6-3-7-15-39/h2-34H. The summed E-state index contributed by atoms with van der Waals surface area (Å²) in [7, 11) is 0. The second kappa shape index (κ2) is 13.4. The van der Waals surface area contributed by atoms with E-state index in [1.807, 2.05) is 48.5 Å². The van der Waals surface area contributed by atoms with E-state index >= 15 is 0 Å². The molecule has 2 aliphatic rings. The third-order valence-electron chi connectivity index (χ3n) is 11.6. The van der Waals surface area contributed by atoms with Crippen LogP contribution in [0.2, 0.25) is 0 Å². The minimum Gasteiger partial charge on any atom is -0.457 e. The molecule has 1 aromatic heterocycles. The quantitative estimate of drug-likeness (QED) is 0.165. The van der Waals surface area contributed by atoms with Crippen molar-refractivity contribution in [2.24, 2.45) is 0 Å². The van der Waals surface area contributed by atoms with Gasteiger partial charge in [-0.3, -0.25) is 0 Å². The van der Waals surface area contributed by atoms with Crippen LogP contribution in [-0.4, -0.2) is 9.97 Å². The topological polar surface area (TPSA) is 39.4 Å². The zero-order valence-corrected chi connectivity index (χ0v) is 31.3. The molecule has 4 nitrogen and oxygen atoms in total. The number of benzene rings is 8. The minimum absolute atomic E-state index is 0.639. The highest BCUT2D eigenvalue weighted by Gasteiger charge is 2.51. The van der Waals surface area contributed by atoms with E-state index < -0.39 is 5.41 Å². The van der Waals surface area contributed by atoms with Gasteiger partial charge in [0.25, 0.3) is 0 Å². The van der Waals surface area contributed by atoms with Crippen LogP contribution in [0.15, 0.2) is 200 Å². The molecule has 1 spiro atoms. The molecule has 0 saturated carbocycles. The Bertz CT molecular complexity index is 3020. The molecule has 58 heavy (non-hydrogen) atoms. The van der Waals surface area contributed by atoms with Gasteiger partial charge in [-0.25, -0.2) is 14.8 Å². The van der Waals surface area contributed by atoms with Crippen LogP contribution in [-0.2, 0) is 5.41 Å². The van der Waals surface area contributed by atoms with Gasteiger partial charge in [-0.05, 0) is 74.8 Å². The summed E-state index contributed by atoms with van der Waals surface area (Å²) in [5.74, 6) is 2.38. The van der Waals surface area contributed by atoms with Gasteiger partial charge in [-0.1, -0.05) is 170 Å². The molecule has 0 N–H and O–H groups in total. The Morgan fingerprint density at radius 3 is 1.62 bits per heavy atom. The molecule has 1 aliphatic heterocycles. The van der Waals surface area contributed by atoms with Crippen LogP contribution in [0.1, 0.15) is 22.3 Å². The highest BCUT2D eigenvalue weighted by Crippen LogP contribution is 2.62. The van der Waals surface area contributed by atoms with Gasteiger partial charge < -0.3 is 4.74 Å². The van der Waals surface area contributed by atoms with E-state index in [-0.39, 0.29) is 0 Å². The van der Waals surface area contributed by atoms with Crippen molar-refractivity contribution < 1.29 is 4.74 Å². The second-order valence-corrected chi connectivity index (χ2v) is 14.8. The lowest BCUT2D eigenvalue weighted by Gasteiger charge is -2.39. The molecule has 1 atom stereocenters. The Morgan fingerprint density at radius 2 is 0.897 bits per heavy atom. The van der Waals surface area contributed by atoms with E-state index in [1.54, 1.807) is 0 Å². The van der Waals surface area contributed by atoms with E-state index in [0.29, 0.717) is 11.5 Å². The van der Waals surface area contributed by atoms with E-state index in [4.69, 9.17) is 21.3 Å². The molecule has 0 amide bonds. The van der Waals surface area contributed by atoms with E-state index in [9.17, 15) is 0 Å². The zero-order valence-electron chi connectivity index (χ0n) is 31.3. The highest BCUT2D eigenvalue weighted by atomic mass is 16.5. The normalized spacial score (nSPS) is 14.4.